The average Bonchev–Trinajstić information content (AvgIpc) is 3.83. The van der Waals surface area contributed by atoms with Gasteiger partial charge in [0.25, 0.3) is 0 Å². The van der Waals surface area contributed by atoms with Gasteiger partial charge in [0.2, 0.25) is 5.91 Å². The molecule has 44 heavy (non-hydrogen) atoms. The Bertz CT molecular complexity index is 1500. The Morgan fingerprint density at radius 3 is 2.18 bits per heavy atom. The fourth-order valence-electron chi connectivity index (χ4n) is 8.35. The minimum absolute atomic E-state index is 0.0973. The number of fused-ring (bicyclic) bond motifs is 3. The van der Waals surface area contributed by atoms with E-state index in [0.717, 1.165) is 78.2 Å². The molecule has 4 aliphatic rings. The molecule has 8 heteroatoms. The number of H-pyrrole nitrogens is 1. The van der Waals surface area contributed by atoms with E-state index in [0.29, 0.717) is 24.2 Å². The van der Waals surface area contributed by atoms with Crippen LogP contribution < -0.4 is 0 Å². The van der Waals surface area contributed by atoms with Crippen molar-refractivity contribution in [1.82, 2.24) is 24.6 Å². The van der Waals surface area contributed by atoms with Crippen molar-refractivity contribution in [2.45, 2.75) is 71.3 Å². The Hall–Kier alpha value is -2.52. The molecule has 7 nitrogen and oxygen atoms in total. The number of rotatable bonds is 9. The molecule has 1 N–H and O–H groups in total. The lowest BCUT2D eigenvalue weighted by molar-refractivity contribution is -0.131. The largest absolute Gasteiger partial charge is 0.346 e. The van der Waals surface area contributed by atoms with E-state index in [1.807, 2.05) is 4.90 Å². The highest BCUT2D eigenvalue weighted by Crippen LogP contribution is 2.44. The van der Waals surface area contributed by atoms with Crippen molar-refractivity contribution in [2.75, 3.05) is 65.4 Å². The zero-order chi connectivity index (χ0) is 30.6. The topological polar surface area (TPSA) is 62.9 Å². The third-order valence-electron chi connectivity index (χ3n) is 11.0. The van der Waals surface area contributed by atoms with Crippen LogP contribution in [-0.2, 0) is 21.4 Å². The van der Waals surface area contributed by atoms with Crippen LogP contribution in [0, 0.1) is 19.8 Å². The number of piperidine rings is 1. The van der Waals surface area contributed by atoms with Crippen molar-refractivity contribution in [1.29, 1.82) is 0 Å². The molecular formula is C36H49N5O2S. The van der Waals surface area contributed by atoms with Gasteiger partial charge in [-0.1, -0.05) is 17.2 Å². The summed E-state index contributed by atoms with van der Waals surface area (Å²) in [5.74, 6) is 1.24. The van der Waals surface area contributed by atoms with Crippen LogP contribution in [0.3, 0.4) is 0 Å². The van der Waals surface area contributed by atoms with Gasteiger partial charge in [-0.3, -0.25) is 19.4 Å². The molecule has 4 fully saturated rings. The molecule has 2 aromatic heterocycles. The van der Waals surface area contributed by atoms with E-state index in [1.165, 1.54) is 55.9 Å². The van der Waals surface area contributed by atoms with Crippen molar-refractivity contribution in [3.8, 4) is 11.3 Å². The first-order valence-electron chi connectivity index (χ1n) is 16.9. The molecule has 1 atom stereocenters. The van der Waals surface area contributed by atoms with Crippen molar-refractivity contribution in [3.63, 3.8) is 0 Å². The zero-order valence-corrected chi connectivity index (χ0v) is 27.9. The number of carbonyl (C=O) groups excluding carboxylic acids is 2. The van der Waals surface area contributed by atoms with Crippen LogP contribution in [0.2, 0.25) is 0 Å². The van der Waals surface area contributed by atoms with Crippen molar-refractivity contribution < 1.29 is 9.59 Å². The van der Waals surface area contributed by atoms with Gasteiger partial charge in [-0.25, -0.2) is 0 Å². The summed E-state index contributed by atoms with van der Waals surface area (Å²) in [6, 6.07) is 9.26. The van der Waals surface area contributed by atoms with E-state index in [1.54, 1.807) is 11.3 Å². The molecule has 2 bridgehead atoms. The molecule has 3 aromatic rings. The number of hydrogen-bond acceptors (Lipinski definition) is 6. The smallest absolute Gasteiger partial charge is 0.236 e. The second kappa shape index (κ2) is 12.0. The van der Waals surface area contributed by atoms with Gasteiger partial charge < -0.3 is 14.8 Å². The van der Waals surface area contributed by atoms with Crippen LogP contribution in [0.15, 0.2) is 24.3 Å². The van der Waals surface area contributed by atoms with Crippen LogP contribution in [0.25, 0.3) is 21.5 Å². The normalized spacial score (nSPS) is 24.6. The maximum atomic E-state index is 14.0. The van der Waals surface area contributed by atoms with Gasteiger partial charge in [0.15, 0.2) is 5.78 Å². The van der Waals surface area contributed by atoms with E-state index >= 15 is 0 Å². The molecule has 1 amide bonds. The Labute approximate surface area is 266 Å². The van der Waals surface area contributed by atoms with E-state index < -0.39 is 5.41 Å². The predicted molar refractivity (Wildman–Crippen MR) is 180 cm³/mol. The Balaban J connectivity index is 1.10. The van der Waals surface area contributed by atoms with Gasteiger partial charge in [0.1, 0.15) is 4.83 Å². The van der Waals surface area contributed by atoms with Crippen LogP contribution in [0.1, 0.15) is 61.1 Å². The van der Waals surface area contributed by atoms with Crippen LogP contribution in [0.4, 0.5) is 0 Å². The highest BCUT2D eigenvalue weighted by atomic mass is 32.1. The van der Waals surface area contributed by atoms with Crippen molar-refractivity contribution >= 4 is 33.2 Å². The molecule has 6 heterocycles. The maximum Gasteiger partial charge on any atom is 0.236 e. The molecule has 0 saturated carbocycles. The first kappa shape index (κ1) is 30.2. The molecule has 4 aliphatic heterocycles. The molecule has 7 rings (SSSR count). The van der Waals surface area contributed by atoms with Gasteiger partial charge in [-0.15, -0.1) is 11.3 Å². The number of thiophene rings is 1. The molecule has 1 unspecified atom stereocenters. The summed E-state index contributed by atoms with van der Waals surface area (Å²) in [5.41, 5.74) is 5.89. The number of benzene rings is 1. The van der Waals surface area contributed by atoms with E-state index in [2.05, 4.69) is 71.6 Å². The summed E-state index contributed by atoms with van der Waals surface area (Å²) in [4.78, 5) is 42.3. The number of Topliss-reactive ketones (excluding diaryl/α,β-unsaturated/α-hetero) is 1. The van der Waals surface area contributed by atoms with Crippen molar-refractivity contribution in [3.05, 3.63) is 45.8 Å². The maximum absolute atomic E-state index is 14.0. The summed E-state index contributed by atoms with van der Waals surface area (Å²) in [6.45, 7) is 18.1. The summed E-state index contributed by atoms with van der Waals surface area (Å²) in [6.07, 6.45) is 5.59. The first-order chi connectivity index (χ1) is 21.2. The lowest BCUT2D eigenvalue weighted by atomic mass is 9.79. The Morgan fingerprint density at radius 1 is 0.886 bits per heavy atom. The van der Waals surface area contributed by atoms with E-state index in [4.69, 9.17) is 0 Å². The number of nitrogens with one attached hydrogen (secondary N) is 1. The fraction of sp³-hybridized carbons (Fsp3) is 0.611. The third kappa shape index (κ3) is 5.68. The molecule has 236 valence electrons. The minimum atomic E-state index is -0.499. The van der Waals surface area contributed by atoms with Gasteiger partial charge in [0, 0.05) is 56.1 Å². The average molecular weight is 616 g/mol. The molecule has 0 aliphatic carbocycles. The highest BCUT2D eigenvalue weighted by Gasteiger charge is 2.49. The number of ketones is 1. The van der Waals surface area contributed by atoms with Gasteiger partial charge in [-0.2, -0.15) is 0 Å². The van der Waals surface area contributed by atoms with Crippen LogP contribution >= 0.6 is 11.3 Å². The molecule has 1 aromatic carbocycles. The molecule has 0 spiro atoms. The van der Waals surface area contributed by atoms with Crippen LogP contribution in [-0.4, -0.2) is 108 Å². The Morgan fingerprint density at radius 2 is 1.55 bits per heavy atom. The summed E-state index contributed by atoms with van der Waals surface area (Å²) < 4.78 is 0. The standard InChI is InChI=1S/C36H49N5O2S/c1-24-19-25(2)21-27(20-24)32-28(9-12-38-15-17-39(18-16-38)23-31(42)40-10-5-6-11-40)29-22-30(44-35(29)37-32)36(3,4)34(43)33-26-7-13-41(33)14-8-26/h19-22,26,33,37H,5-18,23H2,1-4H3. The molecule has 4 saturated heterocycles. The number of likely N-dealkylation sites (tertiary alicyclic amines) is 1. The second-order valence-corrected chi connectivity index (χ2v) is 15.5. The number of aromatic nitrogens is 1. The number of aromatic amines is 1. The van der Waals surface area contributed by atoms with Gasteiger partial charge >= 0.3 is 0 Å². The zero-order valence-electron chi connectivity index (χ0n) is 27.1. The monoisotopic (exact) mass is 615 g/mol. The Kier molecular flexibility index (Phi) is 8.23. The number of aryl methyl sites for hydroxylation is 2. The minimum Gasteiger partial charge on any atom is -0.346 e. The lowest BCUT2D eigenvalue weighted by Crippen LogP contribution is -2.50. The first-order valence-corrected chi connectivity index (χ1v) is 17.7. The van der Waals surface area contributed by atoms with Gasteiger partial charge in [0.05, 0.1) is 23.7 Å². The van der Waals surface area contributed by atoms with E-state index in [-0.39, 0.29) is 6.04 Å². The predicted octanol–water partition coefficient (Wildman–Crippen LogP) is 5.24. The summed E-state index contributed by atoms with van der Waals surface area (Å²) in [5, 5.41) is 1.28. The number of amides is 1. The number of nitrogens with zero attached hydrogens (tertiary/aromatic N) is 4. The van der Waals surface area contributed by atoms with E-state index in [9.17, 15) is 9.59 Å². The van der Waals surface area contributed by atoms with Crippen LogP contribution in [0.5, 0.6) is 0 Å². The quantitative estimate of drug-likeness (QED) is 0.357. The SMILES string of the molecule is Cc1cc(C)cc(-c2[nH]c3sc(C(C)(C)C(=O)C4C5CCN4CC5)cc3c2CCN2CCN(CC(=O)N3CCCC3)CC2)c1. The van der Waals surface area contributed by atoms with Crippen molar-refractivity contribution in [2.24, 2.45) is 5.92 Å². The molecular weight excluding hydrogens is 566 g/mol. The number of hydrogen-bond donors (Lipinski definition) is 1. The summed E-state index contributed by atoms with van der Waals surface area (Å²) in [7, 11) is 0. The number of carbonyl (C=O) groups is 2. The van der Waals surface area contributed by atoms with Gasteiger partial charge in [-0.05, 0) is 108 Å². The number of piperazine rings is 1. The summed E-state index contributed by atoms with van der Waals surface area (Å²) >= 11 is 1.78. The highest BCUT2D eigenvalue weighted by molar-refractivity contribution is 7.19. The fourth-order valence-corrected chi connectivity index (χ4v) is 9.54. The lowest BCUT2D eigenvalue weighted by Gasteiger charge is -2.35. The third-order valence-corrected chi connectivity index (χ3v) is 12.4. The molecule has 0 radical (unpaired) electrons. The second-order valence-electron chi connectivity index (χ2n) is 14.5.